The second-order valence-electron chi connectivity index (χ2n) is 4.16. The van der Waals surface area contributed by atoms with E-state index < -0.39 is 0 Å². The Labute approximate surface area is 104 Å². The second-order valence-corrected chi connectivity index (χ2v) is 4.16. The SMILES string of the molecule is CCC#CCN(C)CCC(O)c1ccccc1. The highest BCUT2D eigenvalue weighted by Gasteiger charge is 2.07. The van der Waals surface area contributed by atoms with Crippen molar-refractivity contribution in [1.82, 2.24) is 4.90 Å². The number of aliphatic hydroxyl groups is 1. The number of benzene rings is 1. The van der Waals surface area contributed by atoms with Crippen molar-refractivity contribution in [1.29, 1.82) is 0 Å². The number of aliphatic hydroxyl groups excluding tert-OH is 1. The molecular formula is C15H21NO. The molecule has 0 saturated carbocycles. The van der Waals surface area contributed by atoms with Gasteiger partial charge >= 0.3 is 0 Å². The third-order valence-corrected chi connectivity index (χ3v) is 2.62. The maximum absolute atomic E-state index is 9.98. The van der Waals surface area contributed by atoms with Crippen LogP contribution in [0.4, 0.5) is 0 Å². The van der Waals surface area contributed by atoms with E-state index in [1.54, 1.807) is 0 Å². The van der Waals surface area contributed by atoms with E-state index in [1.807, 2.05) is 44.3 Å². The monoisotopic (exact) mass is 231 g/mol. The van der Waals surface area contributed by atoms with Crippen molar-refractivity contribution in [2.45, 2.75) is 25.9 Å². The summed E-state index contributed by atoms with van der Waals surface area (Å²) >= 11 is 0. The summed E-state index contributed by atoms with van der Waals surface area (Å²) in [6.07, 6.45) is 1.27. The van der Waals surface area contributed by atoms with E-state index in [9.17, 15) is 5.11 Å². The molecule has 1 N–H and O–H groups in total. The van der Waals surface area contributed by atoms with Crippen molar-refractivity contribution in [3.8, 4) is 11.8 Å². The maximum atomic E-state index is 9.98. The Morgan fingerprint density at radius 2 is 1.94 bits per heavy atom. The summed E-state index contributed by atoms with van der Waals surface area (Å²) in [6.45, 7) is 3.68. The van der Waals surface area contributed by atoms with Gasteiger partial charge in [0, 0.05) is 13.0 Å². The number of rotatable bonds is 5. The molecule has 0 amide bonds. The average Bonchev–Trinajstić information content (AvgIpc) is 2.37. The molecule has 1 aromatic rings. The second kappa shape index (κ2) is 7.89. The first kappa shape index (κ1) is 13.8. The van der Waals surface area contributed by atoms with Gasteiger partial charge in [0.2, 0.25) is 0 Å². The average molecular weight is 231 g/mol. The lowest BCUT2D eigenvalue weighted by Gasteiger charge is -2.16. The van der Waals surface area contributed by atoms with E-state index in [0.29, 0.717) is 0 Å². The lowest BCUT2D eigenvalue weighted by molar-refractivity contribution is 0.152. The number of hydrogen-bond acceptors (Lipinski definition) is 2. The van der Waals surface area contributed by atoms with Crippen LogP contribution in [0, 0.1) is 11.8 Å². The van der Waals surface area contributed by atoms with Gasteiger partial charge in [-0.05, 0) is 19.0 Å². The summed E-state index contributed by atoms with van der Waals surface area (Å²) in [4.78, 5) is 2.13. The van der Waals surface area contributed by atoms with E-state index in [0.717, 1.165) is 31.5 Å². The molecule has 0 fully saturated rings. The molecule has 2 nitrogen and oxygen atoms in total. The Kier molecular flexibility index (Phi) is 6.39. The van der Waals surface area contributed by atoms with Gasteiger partial charge in [-0.15, -0.1) is 5.92 Å². The molecular weight excluding hydrogens is 210 g/mol. The first-order chi connectivity index (χ1) is 8.24. The molecule has 0 saturated heterocycles. The van der Waals surface area contributed by atoms with Crippen LogP contribution >= 0.6 is 0 Å². The van der Waals surface area contributed by atoms with Crippen LogP contribution in [0.25, 0.3) is 0 Å². The Bertz CT molecular complexity index is 364. The van der Waals surface area contributed by atoms with Crippen LogP contribution in [-0.2, 0) is 0 Å². The fourth-order valence-corrected chi connectivity index (χ4v) is 1.58. The minimum atomic E-state index is -0.377. The fourth-order valence-electron chi connectivity index (χ4n) is 1.58. The molecule has 1 aromatic carbocycles. The lowest BCUT2D eigenvalue weighted by Crippen LogP contribution is -2.21. The van der Waals surface area contributed by atoms with Crippen LogP contribution < -0.4 is 0 Å². The van der Waals surface area contributed by atoms with E-state index in [-0.39, 0.29) is 6.10 Å². The quantitative estimate of drug-likeness (QED) is 0.787. The third kappa shape index (κ3) is 5.53. The summed E-state index contributed by atoms with van der Waals surface area (Å²) in [7, 11) is 2.03. The Balaban J connectivity index is 2.31. The molecule has 2 heteroatoms. The van der Waals surface area contributed by atoms with Crippen molar-refractivity contribution in [2.75, 3.05) is 20.1 Å². The van der Waals surface area contributed by atoms with Crippen LogP contribution in [0.2, 0.25) is 0 Å². The molecule has 0 aliphatic carbocycles. The van der Waals surface area contributed by atoms with E-state index >= 15 is 0 Å². The standard InChI is InChI=1S/C15H21NO/c1-3-4-8-12-16(2)13-11-15(17)14-9-6-5-7-10-14/h5-7,9-10,15,17H,3,11-13H2,1-2H3. The highest BCUT2D eigenvalue weighted by Crippen LogP contribution is 2.15. The van der Waals surface area contributed by atoms with Crippen molar-refractivity contribution in [3.63, 3.8) is 0 Å². The van der Waals surface area contributed by atoms with Gasteiger partial charge in [0.25, 0.3) is 0 Å². The summed E-state index contributed by atoms with van der Waals surface area (Å²) in [5, 5.41) is 9.98. The molecule has 0 aliphatic heterocycles. The normalized spacial score (nSPS) is 12.0. The van der Waals surface area contributed by atoms with Crippen molar-refractivity contribution >= 4 is 0 Å². The zero-order valence-electron chi connectivity index (χ0n) is 10.7. The van der Waals surface area contributed by atoms with Gasteiger partial charge in [-0.1, -0.05) is 43.2 Å². The van der Waals surface area contributed by atoms with Crippen LogP contribution in [0.15, 0.2) is 30.3 Å². The van der Waals surface area contributed by atoms with Crippen LogP contribution in [0.3, 0.4) is 0 Å². The van der Waals surface area contributed by atoms with Gasteiger partial charge in [0.15, 0.2) is 0 Å². The van der Waals surface area contributed by atoms with Crippen molar-refractivity contribution < 1.29 is 5.11 Å². The summed E-state index contributed by atoms with van der Waals surface area (Å²) in [5.41, 5.74) is 0.987. The Morgan fingerprint density at radius 1 is 1.24 bits per heavy atom. The van der Waals surface area contributed by atoms with Gasteiger partial charge in [0.05, 0.1) is 12.6 Å². The third-order valence-electron chi connectivity index (χ3n) is 2.62. The Morgan fingerprint density at radius 3 is 2.59 bits per heavy atom. The molecule has 17 heavy (non-hydrogen) atoms. The maximum Gasteiger partial charge on any atom is 0.0802 e. The zero-order valence-corrected chi connectivity index (χ0v) is 10.7. The minimum Gasteiger partial charge on any atom is -0.388 e. The van der Waals surface area contributed by atoms with Crippen LogP contribution in [-0.4, -0.2) is 30.1 Å². The first-order valence-corrected chi connectivity index (χ1v) is 6.11. The van der Waals surface area contributed by atoms with E-state index in [1.165, 1.54) is 0 Å². The zero-order chi connectivity index (χ0) is 12.5. The van der Waals surface area contributed by atoms with Crippen molar-refractivity contribution in [3.05, 3.63) is 35.9 Å². The summed E-state index contributed by atoms with van der Waals surface area (Å²) < 4.78 is 0. The van der Waals surface area contributed by atoms with Gasteiger partial charge in [-0.3, -0.25) is 4.90 Å². The smallest absolute Gasteiger partial charge is 0.0802 e. The summed E-state index contributed by atoms with van der Waals surface area (Å²) in [6, 6.07) is 9.79. The molecule has 1 unspecified atom stereocenters. The molecule has 0 bridgehead atoms. The number of hydrogen-bond donors (Lipinski definition) is 1. The molecule has 0 aromatic heterocycles. The predicted molar refractivity (Wildman–Crippen MR) is 71.6 cm³/mol. The van der Waals surface area contributed by atoms with Gasteiger partial charge in [-0.25, -0.2) is 0 Å². The molecule has 0 heterocycles. The Hall–Kier alpha value is -1.30. The molecule has 1 atom stereocenters. The molecule has 1 rings (SSSR count). The van der Waals surface area contributed by atoms with Crippen LogP contribution in [0.5, 0.6) is 0 Å². The van der Waals surface area contributed by atoms with Crippen molar-refractivity contribution in [2.24, 2.45) is 0 Å². The largest absolute Gasteiger partial charge is 0.388 e. The van der Waals surface area contributed by atoms with Crippen LogP contribution in [0.1, 0.15) is 31.4 Å². The minimum absolute atomic E-state index is 0.377. The topological polar surface area (TPSA) is 23.5 Å². The highest BCUT2D eigenvalue weighted by molar-refractivity contribution is 5.17. The highest BCUT2D eigenvalue weighted by atomic mass is 16.3. The molecule has 0 radical (unpaired) electrons. The fraction of sp³-hybridized carbons (Fsp3) is 0.467. The number of nitrogens with zero attached hydrogens (tertiary/aromatic N) is 1. The summed E-state index contributed by atoms with van der Waals surface area (Å²) in [5.74, 6) is 6.14. The molecule has 92 valence electrons. The predicted octanol–water partition coefficient (Wildman–Crippen LogP) is 2.46. The van der Waals surface area contributed by atoms with E-state index in [2.05, 4.69) is 16.7 Å². The van der Waals surface area contributed by atoms with E-state index in [4.69, 9.17) is 0 Å². The molecule has 0 spiro atoms. The van der Waals surface area contributed by atoms with Gasteiger partial charge in [-0.2, -0.15) is 0 Å². The van der Waals surface area contributed by atoms with Gasteiger partial charge < -0.3 is 5.11 Å². The first-order valence-electron chi connectivity index (χ1n) is 6.11. The van der Waals surface area contributed by atoms with Gasteiger partial charge in [0.1, 0.15) is 0 Å². The lowest BCUT2D eigenvalue weighted by atomic mass is 10.1. The molecule has 0 aliphatic rings.